The summed E-state index contributed by atoms with van der Waals surface area (Å²) in [6.45, 7) is 2.09. The molecule has 6 heteroatoms. The zero-order valence-corrected chi connectivity index (χ0v) is 13.3. The van der Waals surface area contributed by atoms with Crippen molar-refractivity contribution in [3.63, 3.8) is 0 Å². The number of allylic oxidation sites excluding steroid dienone is 2. The lowest BCUT2D eigenvalue weighted by Gasteiger charge is -2.41. The Morgan fingerprint density at radius 1 is 1.30 bits per heavy atom. The molecule has 0 radical (unpaired) electrons. The van der Waals surface area contributed by atoms with Crippen LogP contribution in [0.2, 0.25) is 0 Å². The number of rotatable bonds is 2. The second kappa shape index (κ2) is 5.30. The van der Waals surface area contributed by atoms with Crippen LogP contribution < -0.4 is 16.4 Å². The molecule has 0 aromatic carbocycles. The predicted molar refractivity (Wildman–Crippen MR) is 92.3 cm³/mol. The number of pyridine rings is 1. The first-order valence-corrected chi connectivity index (χ1v) is 8.19. The molecule has 0 bridgehead atoms. The van der Waals surface area contributed by atoms with Crippen LogP contribution in [0.15, 0.2) is 46.7 Å². The van der Waals surface area contributed by atoms with Gasteiger partial charge in [-0.25, -0.2) is 4.98 Å². The predicted octanol–water partition coefficient (Wildman–Crippen LogP) is 2.76. The molecule has 0 atom stereocenters. The van der Waals surface area contributed by atoms with E-state index in [4.69, 9.17) is 10.7 Å². The molecule has 1 aliphatic carbocycles. The van der Waals surface area contributed by atoms with Gasteiger partial charge in [-0.3, -0.25) is 4.99 Å². The van der Waals surface area contributed by atoms with Crippen molar-refractivity contribution in [2.45, 2.75) is 44.7 Å². The van der Waals surface area contributed by atoms with Crippen LogP contribution in [0.3, 0.4) is 0 Å². The van der Waals surface area contributed by atoms with Gasteiger partial charge in [-0.15, -0.1) is 0 Å². The van der Waals surface area contributed by atoms with Gasteiger partial charge in [0.1, 0.15) is 17.3 Å². The fourth-order valence-corrected chi connectivity index (χ4v) is 3.66. The van der Waals surface area contributed by atoms with Crippen molar-refractivity contribution in [2.24, 2.45) is 4.99 Å². The zero-order valence-electron chi connectivity index (χ0n) is 13.3. The summed E-state index contributed by atoms with van der Waals surface area (Å²) in [5.41, 5.74) is 8.88. The summed E-state index contributed by atoms with van der Waals surface area (Å²) in [5.74, 6) is 1.44. The van der Waals surface area contributed by atoms with Crippen molar-refractivity contribution in [2.75, 3.05) is 11.1 Å². The highest BCUT2D eigenvalue weighted by molar-refractivity contribution is 5.83. The summed E-state index contributed by atoms with van der Waals surface area (Å²) in [4.78, 5) is 11.2. The lowest BCUT2D eigenvalue weighted by molar-refractivity contribution is 0.152. The average molecular weight is 310 g/mol. The van der Waals surface area contributed by atoms with Gasteiger partial charge in [0.2, 0.25) is 0 Å². The topological polar surface area (TPSA) is 78.6 Å². The average Bonchev–Trinajstić information content (AvgIpc) is 2.87. The molecule has 0 amide bonds. The maximum atomic E-state index is 5.76. The highest BCUT2D eigenvalue weighted by Crippen LogP contribution is 2.42. The Morgan fingerprint density at radius 3 is 2.91 bits per heavy atom. The minimum absolute atomic E-state index is 0.0822. The third kappa shape index (κ3) is 2.44. The number of hydrogen-bond acceptors (Lipinski definition) is 6. The number of anilines is 2. The van der Waals surface area contributed by atoms with E-state index in [0.29, 0.717) is 5.82 Å². The van der Waals surface area contributed by atoms with Gasteiger partial charge in [-0.1, -0.05) is 6.42 Å². The maximum absolute atomic E-state index is 5.76. The van der Waals surface area contributed by atoms with E-state index in [1.807, 2.05) is 18.3 Å². The Morgan fingerprint density at radius 2 is 2.13 bits per heavy atom. The molecule has 120 valence electrons. The lowest BCUT2D eigenvalue weighted by atomic mass is 9.88. The smallest absolute Gasteiger partial charge is 0.136 e. The number of aromatic nitrogens is 1. The normalized spacial score (nSPS) is 22.0. The number of nitrogens with zero attached hydrogens (tertiary/aromatic N) is 3. The molecule has 2 aliphatic heterocycles. The molecule has 4 N–H and O–H groups in total. The molecule has 1 saturated carbocycles. The third-order valence-electron chi connectivity index (χ3n) is 4.81. The van der Waals surface area contributed by atoms with Gasteiger partial charge in [-0.05, 0) is 38.7 Å². The monoisotopic (exact) mass is 310 g/mol. The first-order valence-electron chi connectivity index (χ1n) is 8.19. The first kappa shape index (κ1) is 14.1. The largest absolute Gasteiger partial charge is 0.384 e. The number of fused-ring (bicyclic) bond motifs is 2. The van der Waals surface area contributed by atoms with Crippen LogP contribution in [0.5, 0.6) is 0 Å². The van der Waals surface area contributed by atoms with E-state index in [2.05, 4.69) is 33.6 Å². The van der Waals surface area contributed by atoms with Crippen molar-refractivity contribution in [3.05, 3.63) is 41.7 Å². The molecule has 1 aromatic rings. The van der Waals surface area contributed by atoms with Gasteiger partial charge in [-0.2, -0.15) is 0 Å². The number of nitrogen functional groups attached to an aromatic ring is 1. The van der Waals surface area contributed by atoms with Crippen LogP contribution in [0.25, 0.3) is 0 Å². The van der Waals surface area contributed by atoms with E-state index in [1.165, 1.54) is 25.0 Å². The van der Waals surface area contributed by atoms with Crippen LogP contribution in [0.1, 0.15) is 39.0 Å². The fourth-order valence-electron chi connectivity index (χ4n) is 3.66. The van der Waals surface area contributed by atoms with E-state index < -0.39 is 0 Å². The number of hydrogen-bond donors (Lipinski definition) is 3. The second-order valence-corrected chi connectivity index (χ2v) is 6.44. The van der Waals surface area contributed by atoms with Crippen molar-refractivity contribution < 1.29 is 0 Å². The molecular formula is C17H22N6. The van der Waals surface area contributed by atoms with Crippen molar-refractivity contribution in [1.29, 1.82) is 0 Å². The standard InChI is InChI=1S/C17H22N6/c1-12-14-10-20-17(6-3-2-4-7-17)23(14)11-16(21-12)22-13-5-8-19-15(18)9-13/h5,8-11,21H,2-4,6-7H2,1H3,(H3,18,19,22). The maximum Gasteiger partial charge on any atom is 0.136 e. The molecular weight excluding hydrogens is 288 g/mol. The molecule has 3 heterocycles. The second-order valence-electron chi connectivity index (χ2n) is 6.44. The summed E-state index contributed by atoms with van der Waals surface area (Å²) >= 11 is 0. The molecule has 23 heavy (non-hydrogen) atoms. The van der Waals surface area contributed by atoms with Crippen LogP contribution in [0, 0.1) is 0 Å². The van der Waals surface area contributed by atoms with E-state index in [1.54, 1.807) is 6.20 Å². The molecule has 0 unspecified atom stereocenters. The van der Waals surface area contributed by atoms with Crippen LogP contribution in [-0.2, 0) is 0 Å². The molecule has 0 saturated heterocycles. The molecule has 1 spiro atoms. The summed E-state index contributed by atoms with van der Waals surface area (Å²) in [7, 11) is 0. The summed E-state index contributed by atoms with van der Waals surface area (Å²) in [5, 5.41) is 6.80. The zero-order chi connectivity index (χ0) is 15.9. The fraction of sp³-hybridized carbons (Fsp3) is 0.412. The molecule has 6 nitrogen and oxygen atoms in total. The molecule has 1 fully saturated rings. The van der Waals surface area contributed by atoms with Gasteiger partial charge in [0, 0.05) is 36.1 Å². The Hall–Kier alpha value is -2.50. The quantitative estimate of drug-likeness (QED) is 0.783. The van der Waals surface area contributed by atoms with E-state index in [-0.39, 0.29) is 5.66 Å². The number of aliphatic imine (C=N–C) groups is 1. The number of nitrogens with two attached hydrogens (primary N) is 1. The summed E-state index contributed by atoms with van der Waals surface area (Å²) < 4.78 is 0. The number of nitrogens with one attached hydrogen (secondary N) is 2. The first-order chi connectivity index (χ1) is 11.2. The van der Waals surface area contributed by atoms with Crippen LogP contribution in [0.4, 0.5) is 11.5 Å². The van der Waals surface area contributed by atoms with Gasteiger partial charge < -0.3 is 21.3 Å². The van der Waals surface area contributed by atoms with Crippen molar-refractivity contribution in [3.8, 4) is 0 Å². The summed E-state index contributed by atoms with van der Waals surface area (Å²) in [6.07, 6.45) is 11.9. The minimum Gasteiger partial charge on any atom is -0.384 e. The Bertz CT molecular complexity index is 712. The summed E-state index contributed by atoms with van der Waals surface area (Å²) in [6, 6.07) is 3.73. The van der Waals surface area contributed by atoms with E-state index >= 15 is 0 Å². The van der Waals surface area contributed by atoms with Crippen LogP contribution >= 0.6 is 0 Å². The van der Waals surface area contributed by atoms with Crippen LogP contribution in [-0.4, -0.2) is 21.8 Å². The Labute approximate surface area is 136 Å². The van der Waals surface area contributed by atoms with Gasteiger partial charge in [0.15, 0.2) is 0 Å². The molecule has 1 aromatic heterocycles. The Balaban J connectivity index is 1.62. The third-order valence-corrected chi connectivity index (χ3v) is 4.81. The van der Waals surface area contributed by atoms with Gasteiger partial charge in [0.05, 0.1) is 5.70 Å². The highest BCUT2D eigenvalue weighted by atomic mass is 15.4. The molecule has 3 aliphatic rings. The van der Waals surface area contributed by atoms with Crippen molar-refractivity contribution >= 4 is 17.7 Å². The molecule has 4 rings (SSSR count). The van der Waals surface area contributed by atoms with E-state index in [9.17, 15) is 0 Å². The minimum atomic E-state index is -0.0822. The lowest BCUT2D eigenvalue weighted by Crippen LogP contribution is -2.45. The SMILES string of the molecule is CC1=C2C=NC3(CCCCC3)N2C=C(Nc2ccnc(N)c2)N1. The van der Waals surface area contributed by atoms with Gasteiger partial charge >= 0.3 is 0 Å². The van der Waals surface area contributed by atoms with E-state index in [0.717, 1.165) is 30.0 Å². The Kier molecular flexibility index (Phi) is 3.25. The highest BCUT2D eigenvalue weighted by Gasteiger charge is 2.42. The van der Waals surface area contributed by atoms with Gasteiger partial charge in [0.25, 0.3) is 0 Å². The van der Waals surface area contributed by atoms with Crippen molar-refractivity contribution in [1.82, 2.24) is 15.2 Å².